The average Bonchev–Trinajstić information content (AvgIpc) is 3.41. The van der Waals surface area contributed by atoms with E-state index in [1.165, 1.54) is 19.2 Å². The first-order valence-corrected chi connectivity index (χ1v) is 17.2. The highest BCUT2D eigenvalue weighted by Crippen LogP contribution is 2.41. The van der Waals surface area contributed by atoms with Crippen LogP contribution in [0.3, 0.4) is 0 Å². The first-order chi connectivity index (χ1) is 21.7. The minimum atomic E-state index is -3.78. The third kappa shape index (κ3) is 8.06. The fourth-order valence-electron chi connectivity index (χ4n) is 6.31. The fraction of sp³-hybridized carbons (Fsp3) is 0.516. The van der Waals surface area contributed by atoms with E-state index in [1.54, 1.807) is 23.1 Å². The Morgan fingerprint density at radius 2 is 1.82 bits per heavy atom. The molecule has 3 aliphatic rings. The summed E-state index contributed by atoms with van der Waals surface area (Å²) in [6.07, 6.45) is 2.22. The largest absolute Gasteiger partial charge is 0.484 e. The van der Waals surface area contributed by atoms with Gasteiger partial charge in [0, 0.05) is 70.3 Å². The van der Waals surface area contributed by atoms with Gasteiger partial charge in [0.25, 0.3) is 0 Å². The van der Waals surface area contributed by atoms with Gasteiger partial charge in [-0.1, -0.05) is 11.6 Å². The lowest BCUT2D eigenvalue weighted by Gasteiger charge is -2.36. The monoisotopic (exact) mass is 657 g/mol. The van der Waals surface area contributed by atoms with Gasteiger partial charge in [0.15, 0.2) is 0 Å². The zero-order valence-electron chi connectivity index (χ0n) is 25.4. The lowest BCUT2D eigenvalue weighted by Crippen LogP contribution is -2.50. The van der Waals surface area contributed by atoms with Gasteiger partial charge in [-0.25, -0.2) is 17.9 Å². The van der Waals surface area contributed by atoms with Crippen molar-refractivity contribution in [2.24, 2.45) is 0 Å². The van der Waals surface area contributed by atoms with E-state index < -0.39 is 10.0 Å². The molecule has 0 unspecified atom stereocenters. The van der Waals surface area contributed by atoms with Gasteiger partial charge in [-0.2, -0.15) is 5.26 Å². The molecule has 242 valence electrons. The molecule has 2 aliphatic heterocycles. The van der Waals surface area contributed by atoms with Gasteiger partial charge in [-0.3, -0.25) is 9.69 Å². The summed E-state index contributed by atoms with van der Waals surface area (Å²) >= 11 is 6.39. The molecule has 45 heavy (non-hydrogen) atoms. The molecule has 0 spiro atoms. The van der Waals surface area contributed by atoms with E-state index in [2.05, 4.69) is 31.6 Å². The van der Waals surface area contributed by atoms with Crippen molar-refractivity contribution in [3.05, 3.63) is 58.1 Å². The summed E-state index contributed by atoms with van der Waals surface area (Å²) in [5, 5.41) is 18.7. The number of nitrogens with one attached hydrogen (secondary N) is 4. The number of sulfonamides is 1. The zero-order chi connectivity index (χ0) is 32.0. The van der Waals surface area contributed by atoms with Crippen LogP contribution < -0.4 is 25.4 Å². The number of carbonyl (C=O) groups is 2. The number of amides is 3. The van der Waals surface area contributed by atoms with Crippen molar-refractivity contribution in [3.8, 4) is 11.8 Å². The van der Waals surface area contributed by atoms with Gasteiger partial charge in [0.05, 0.1) is 22.6 Å². The summed E-state index contributed by atoms with van der Waals surface area (Å²) < 4.78 is 35.8. The molecule has 2 aromatic carbocycles. The van der Waals surface area contributed by atoms with E-state index in [0.29, 0.717) is 68.1 Å². The number of likely N-dealkylation sites (tertiary alicyclic amines) is 1. The Morgan fingerprint density at radius 3 is 2.49 bits per heavy atom. The zero-order valence-corrected chi connectivity index (χ0v) is 26.9. The van der Waals surface area contributed by atoms with Crippen LogP contribution in [0.25, 0.3) is 0 Å². The second kappa shape index (κ2) is 14.8. The molecule has 5 rings (SSSR count). The maximum atomic E-state index is 13.2. The molecule has 2 heterocycles. The predicted octanol–water partition coefficient (Wildman–Crippen LogP) is 2.14. The average molecular weight is 658 g/mol. The summed E-state index contributed by atoms with van der Waals surface area (Å²) in [5.41, 5.74) is 2.40. The van der Waals surface area contributed by atoms with Crippen LogP contribution in [-0.2, 0) is 21.2 Å². The molecule has 12 nitrogen and oxygen atoms in total. The third-order valence-electron chi connectivity index (χ3n) is 8.71. The molecule has 2 atom stereocenters. The van der Waals surface area contributed by atoms with Crippen LogP contribution in [0.15, 0.2) is 41.3 Å². The van der Waals surface area contributed by atoms with Gasteiger partial charge < -0.3 is 25.6 Å². The van der Waals surface area contributed by atoms with Gasteiger partial charge in [-0.15, -0.1) is 0 Å². The Bertz CT molecular complexity index is 1520. The number of urea groups is 1. The van der Waals surface area contributed by atoms with Crippen molar-refractivity contribution < 1.29 is 22.7 Å². The summed E-state index contributed by atoms with van der Waals surface area (Å²) in [6.45, 7) is 4.82. The molecule has 2 aromatic rings. The van der Waals surface area contributed by atoms with Crippen molar-refractivity contribution in [1.82, 2.24) is 30.5 Å². The number of fused-ring (bicyclic) bond motifs is 1. The summed E-state index contributed by atoms with van der Waals surface area (Å²) in [5.74, 6) is 0.531. The van der Waals surface area contributed by atoms with E-state index >= 15 is 0 Å². The minimum Gasteiger partial charge on any atom is -0.484 e. The third-order valence-corrected chi connectivity index (χ3v) is 10.5. The van der Waals surface area contributed by atoms with Crippen LogP contribution >= 0.6 is 11.6 Å². The fourth-order valence-corrected chi connectivity index (χ4v) is 7.84. The van der Waals surface area contributed by atoms with Crippen LogP contribution in [0.4, 0.5) is 4.79 Å². The molecule has 4 N–H and O–H groups in total. The van der Waals surface area contributed by atoms with Crippen molar-refractivity contribution in [3.63, 3.8) is 0 Å². The van der Waals surface area contributed by atoms with Crippen LogP contribution in [-0.4, -0.2) is 95.1 Å². The molecule has 2 fully saturated rings. The van der Waals surface area contributed by atoms with Gasteiger partial charge in [0.2, 0.25) is 15.9 Å². The van der Waals surface area contributed by atoms with Gasteiger partial charge in [-0.05, 0) is 73.2 Å². The summed E-state index contributed by atoms with van der Waals surface area (Å²) in [6, 6.07) is 11.7. The number of halogens is 1. The molecule has 3 amide bonds. The van der Waals surface area contributed by atoms with Crippen LogP contribution in [0, 0.1) is 11.3 Å². The number of ether oxygens (including phenoxy) is 1. The van der Waals surface area contributed by atoms with E-state index in [9.17, 15) is 23.3 Å². The number of rotatable bonds is 10. The lowest BCUT2D eigenvalue weighted by molar-refractivity contribution is -0.132. The van der Waals surface area contributed by atoms with Gasteiger partial charge >= 0.3 is 6.03 Å². The van der Waals surface area contributed by atoms with Crippen molar-refractivity contribution in [2.45, 2.75) is 55.2 Å². The summed E-state index contributed by atoms with van der Waals surface area (Å²) in [4.78, 5) is 28.0. The molecule has 0 radical (unpaired) electrons. The number of piperazine rings is 1. The highest BCUT2D eigenvalue weighted by molar-refractivity contribution is 7.89. The Hall–Kier alpha value is -3.41. The number of nitrogens with zero attached hydrogens (tertiary/aromatic N) is 3. The minimum absolute atomic E-state index is 0.000741. The second-order valence-corrected chi connectivity index (χ2v) is 13.7. The Morgan fingerprint density at radius 1 is 1.11 bits per heavy atom. The van der Waals surface area contributed by atoms with Crippen LogP contribution in [0.2, 0.25) is 5.02 Å². The molecular formula is C31H40ClN7O5S. The normalized spacial score (nSPS) is 20.7. The molecule has 0 aromatic heterocycles. The van der Waals surface area contributed by atoms with E-state index in [0.717, 1.165) is 37.3 Å². The van der Waals surface area contributed by atoms with E-state index in [-0.39, 0.29) is 35.0 Å². The molecule has 0 saturated carbocycles. The number of benzene rings is 2. The highest BCUT2D eigenvalue weighted by atomic mass is 35.5. The second-order valence-electron chi connectivity index (χ2n) is 11.6. The van der Waals surface area contributed by atoms with Crippen LogP contribution in [0.1, 0.15) is 48.5 Å². The quantitative estimate of drug-likeness (QED) is 0.283. The maximum Gasteiger partial charge on any atom is 0.314 e. The Labute approximate surface area is 269 Å². The number of hydrogen-bond acceptors (Lipinski definition) is 8. The number of carbonyl (C=O) groups excluding carboxylic acids is 2. The first-order valence-electron chi connectivity index (χ1n) is 15.4. The van der Waals surface area contributed by atoms with E-state index in [4.69, 9.17) is 16.3 Å². The maximum absolute atomic E-state index is 13.2. The number of nitriles is 1. The molecular weight excluding hydrogens is 618 g/mol. The first kappa shape index (κ1) is 33.0. The SMILES string of the molecule is CNC(=O)NCCCC(=O)N1CCC(NS(=O)(=O)c2ccc(O[C@H]3c4cc(Cl)cc(C#N)c4C[C@@H]3N3CCNCC3)cc2)CC1. The Kier molecular flexibility index (Phi) is 10.8. The molecule has 0 bridgehead atoms. The molecule has 14 heteroatoms. The highest BCUT2D eigenvalue weighted by Gasteiger charge is 2.40. The molecule has 1 aliphatic carbocycles. The molecule has 2 saturated heterocycles. The number of hydrogen-bond donors (Lipinski definition) is 4. The van der Waals surface area contributed by atoms with Crippen molar-refractivity contribution in [2.75, 3.05) is 52.9 Å². The van der Waals surface area contributed by atoms with Gasteiger partial charge in [0.1, 0.15) is 11.9 Å². The predicted molar refractivity (Wildman–Crippen MR) is 170 cm³/mol. The number of piperidine rings is 1. The van der Waals surface area contributed by atoms with E-state index in [1.807, 2.05) is 6.07 Å². The van der Waals surface area contributed by atoms with Crippen molar-refractivity contribution in [1.29, 1.82) is 5.26 Å². The smallest absolute Gasteiger partial charge is 0.314 e. The topological polar surface area (TPSA) is 156 Å². The standard InChI is InChI=1S/C31H40ClN7O5S/c1-34-31(41)36-10-2-3-29(40)39-13-8-23(9-14-39)37-45(42,43)25-6-4-24(5-7-25)44-30-27-18-22(32)17-21(20-33)26(27)19-28(30)38-15-11-35-12-16-38/h4-7,17-18,23,28,30,35,37H,2-3,8-16,19H2,1H3,(H2,34,36,41)/t28-,30-/m0/s1. The summed E-state index contributed by atoms with van der Waals surface area (Å²) in [7, 11) is -2.25. The van der Waals surface area contributed by atoms with Crippen molar-refractivity contribution >= 4 is 33.6 Å². The lowest BCUT2D eigenvalue weighted by atomic mass is 10.0. The van der Waals surface area contributed by atoms with Crippen LogP contribution in [0.5, 0.6) is 5.75 Å². The Balaban J connectivity index is 1.19.